The molecule has 21 heavy (non-hydrogen) atoms. The molecular formula is C15H21N5S. The minimum absolute atomic E-state index is 0.372. The van der Waals surface area contributed by atoms with E-state index in [4.69, 9.17) is 10.8 Å². The van der Waals surface area contributed by atoms with E-state index < -0.39 is 0 Å². The van der Waals surface area contributed by atoms with Crippen LogP contribution in [-0.4, -0.2) is 23.1 Å². The number of aromatic nitrogens is 2. The number of thiophene rings is 1. The van der Waals surface area contributed by atoms with Crippen molar-refractivity contribution in [3.05, 3.63) is 34.3 Å². The van der Waals surface area contributed by atoms with Gasteiger partial charge in [0.15, 0.2) is 0 Å². The number of hydrogen-bond donors (Lipinski definition) is 2. The van der Waals surface area contributed by atoms with E-state index >= 15 is 0 Å². The maximum absolute atomic E-state index is 5.54. The average molecular weight is 303 g/mol. The van der Waals surface area contributed by atoms with Crippen molar-refractivity contribution in [2.75, 3.05) is 17.4 Å². The number of nitrogen functional groups attached to an aromatic ring is 1. The summed E-state index contributed by atoms with van der Waals surface area (Å²) in [6.07, 6.45) is 3.38. The number of hydrazine groups is 1. The Balaban J connectivity index is 1.79. The number of nitrogens with zero attached hydrogens (tertiary/aromatic N) is 3. The molecule has 112 valence electrons. The van der Waals surface area contributed by atoms with Crippen LogP contribution >= 0.6 is 11.3 Å². The van der Waals surface area contributed by atoms with Crippen molar-refractivity contribution in [1.29, 1.82) is 0 Å². The summed E-state index contributed by atoms with van der Waals surface area (Å²) in [5.41, 5.74) is 2.65. The number of rotatable bonds is 6. The van der Waals surface area contributed by atoms with Gasteiger partial charge in [0.1, 0.15) is 17.5 Å². The molecule has 2 aromatic rings. The van der Waals surface area contributed by atoms with Crippen LogP contribution < -0.4 is 16.2 Å². The van der Waals surface area contributed by atoms with Gasteiger partial charge >= 0.3 is 0 Å². The SMILES string of the molecule is CC(Cc1cccs1)N(C)c1cc(NN)nc(C2CC2)n1. The lowest BCUT2D eigenvalue weighted by Crippen LogP contribution is -2.31. The van der Waals surface area contributed by atoms with E-state index in [2.05, 4.69) is 46.8 Å². The molecule has 2 aromatic heterocycles. The molecule has 6 heteroatoms. The molecule has 5 nitrogen and oxygen atoms in total. The fraction of sp³-hybridized carbons (Fsp3) is 0.467. The second-order valence-electron chi connectivity index (χ2n) is 5.63. The third-order valence-electron chi connectivity index (χ3n) is 3.92. The maximum atomic E-state index is 5.54. The summed E-state index contributed by atoms with van der Waals surface area (Å²) in [5.74, 6) is 8.59. The molecule has 0 aliphatic heterocycles. The highest BCUT2D eigenvalue weighted by atomic mass is 32.1. The molecule has 0 saturated heterocycles. The molecule has 3 rings (SSSR count). The van der Waals surface area contributed by atoms with Crippen LogP contribution in [0.5, 0.6) is 0 Å². The third-order valence-corrected chi connectivity index (χ3v) is 4.82. The standard InChI is InChI=1S/C15H21N5S/c1-10(8-12-4-3-7-21-12)20(2)14-9-13(19-16)17-15(18-14)11-5-6-11/h3-4,7,9-11H,5-6,8,16H2,1-2H3,(H,17,18,19). The molecule has 1 fully saturated rings. The van der Waals surface area contributed by atoms with Gasteiger partial charge in [0.2, 0.25) is 0 Å². The van der Waals surface area contributed by atoms with E-state index in [1.165, 1.54) is 17.7 Å². The van der Waals surface area contributed by atoms with Gasteiger partial charge in [-0.1, -0.05) is 6.07 Å². The minimum atomic E-state index is 0.372. The third kappa shape index (κ3) is 3.33. The molecule has 0 radical (unpaired) electrons. The van der Waals surface area contributed by atoms with E-state index in [0.717, 1.165) is 18.1 Å². The van der Waals surface area contributed by atoms with Crippen LogP contribution in [0.4, 0.5) is 11.6 Å². The first kappa shape index (κ1) is 14.3. The Morgan fingerprint density at radius 3 is 2.90 bits per heavy atom. The van der Waals surface area contributed by atoms with Crippen molar-refractivity contribution < 1.29 is 0 Å². The van der Waals surface area contributed by atoms with Crippen molar-refractivity contribution in [2.24, 2.45) is 5.84 Å². The highest BCUT2D eigenvalue weighted by Crippen LogP contribution is 2.39. The topological polar surface area (TPSA) is 67.1 Å². The van der Waals surface area contributed by atoms with Gasteiger partial charge in [-0.2, -0.15) is 0 Å². The van der Waals surface area contributed by atoms with Crippen molar-refractivity contribution in [3.63, 3.8) is 0 Å². The van der Waals surface area contributed by atoms with Gasteiger partial charge in [-0.25, -0.2) is 15.8 Å². The fourth-order valence-corrected chi connectivity index (χ4v) is 3.14. The molecule has 0 amide bonds. The van der Waals surface area contributed by atoms with Crippen LogP contribution in [0.1, 0.15) is 36.4 Å². The van der Waals surface area contributed by atoms with Crippen LogP contribution in [0.2, 0.25) is 0 Å². The molecule has 1 atom stereocenters. The number of likely N-dealkylation sites (N-methyl/N-ethyl adjacent to an activating group) is 1. The van der Waals surface area contributed by atoms with Crippen LogP contribution in [-0.2, 0) is 6.42 Å². The van der Waals surface area contributed by atoms with Crippen LogP contribution in [0, 0.1) is 0 Å². The second kappa shape index (κ2) is 5.99. The summed E-state index contributed by atoms with van der Waals surface area (Å²) in [6, 6.07) is 6.56. The number of anilines is 2. The summed E-state index contributed by atoms with van der Waals surface area (Å²) < 4.78 is 0. The zero-order chi connectivity index (χ0) is 14.8. The zero-order valence-electron chi connectivity index (χ0n) is 12.4. The number of nitrogens with two attached hydrogens (primary N) is 1. The molecule has 1 unspecified atom stereocenters. The van der Waals surface area contributed by atoms with Gasteiger partial charge in [0, 0.05) is 36.4 Å². The zero-order valence-corrected chi connectivity index (χ0v) is 13.2. The maximum Gasteiger partial charge on any atom is 0.145 e. The Bertz CT molecular complexity index is 594. The summed E-state index contributed by atoms with van der Waals surface area (Å²) in [5, 5.41) is 2.12. The van der Waals surface area contributed by atoms with Gasteiger partial charge in [-0.3, -0.25) is 0 Å². The van der Waals surface area contributed by atoms with Gasteiger partial charge in [-0.15, -0.1) is 11.3 Å². The normalized spacial score (nSPS) is 15.8. The van der Waals surface area contributed by atoms with Crippen LogP contribution in [0.15, 0.2) is 23.6 Å². The summed E-state index contributed by atoms with van der Waals surface area (Å²) in [7, 11) is 2.08. The minimum Gasteiger partial charge on any atom is -0.356 e. The quantitative estimate of drug-likeness (QED) is 0.634. The molecule has 1 aliphatic rings. The first-order valence-electron chi connectivity index (χ1n) is 7.28. The Morgan fingerprint density at radius 2 is 2.29 bits per heavy atom. The van der Waals surface area contributed by atoms with Crippen LogP contribution in [0.25, 0.3) is 0 Å². The Labute approximate surface area is 129 Å². The van der Waals surface area contributed by atoms with Gasteiger partial charge in [-0.05, 0) is 31.2 Å². The Hall–Kier alpha value is -1.66. The molecule has 0 bridgehead atoms. The highest BCUT2D eigenvalue weighted by molar-refractivity contribution is 7.09. The van der Waals surface area contributed by atoms with Gasteiger partial charge in [0.05, 0.1) is 0 Å². The van der Waals surface area contributed by atoms with E-state index in [1.807, 2.05) is 6.07 Å². The largest absolute Gasteiger partial charge is 0.356 e. The van der Waals surface area contributed by atoms with Crippen molar-refractivity contribution in [3.8, 4) is 0 Å². The van der Waals surface area contributed by atoms with E-state index in [0.29, 0.717) is 17.8 Å². The number of hydrogen-bond acceptors (Lipinski definition) is 6. The smallest absolute Gasteiger partial charge is 0.145 e. The first-order chi connectivity index (χ1) is 10.2. The monoisotopic (exact) mass is 303 g/mol. The van der Waals surface area contributed by atoms with E-state index in [-0.39, 0.29) is 0 Å². The van der Waals surface area contributed by atoms with E-state index in [9.17, 15) is 0 Å². The second-order valence-corrected chi connectivity index (χ2v) is 6.66. The molecule has 1 saturated carbocycles. The average Bonchev–Trinajstić information content (AvgIpc) is 3.24. The predicted octanol–water partition coefficient (Wildman–Crippen LogP) is 2.77. The lowest BCUT2D eigenvalue weighted by molar-refractivity contribution is 0.676. The molecular weight excluding hydrogens is 282 g/mol. The number of nitrogens with one attached hydrogen (secondary N) is 1. The van der Waals surface area contributed by atoms with Crippen molar-refractivity contribution >= 4 is 23.0 Å². The fourth-order valence-electron chi connectivity index (χ4n) is 2.31. The molecule has 2 heterocycles. The first-order valence-corrected chi connectivity index (χ1v) is 8.16. The Kier molecular flexibility index (Phi) is 4.07. The lowest BCUT2D eigenvalue weighted by Gasteiger charge is -2.26. The van der Waals surface area contributed by atoms with Crippen LogP contribution in [0.3, 0.4) is 0 Å². The molecule has 0 spiro atoms. The Morgan fingerprint density at radius 1 is 1.48 bits per heavy atom. The van der Waals surface area contributed by atoms with Crippen molar-refractivity contribution in [1.82, 2.24) is 9.97 Å². The molecule has 3 N–H and O–H groups in total. The molecule has 1 aliphatic carbocycles. The molecule has 0 aromatic carbocycles. The van der Waals surface area contributed by atoms with E-state index in [1.54, 1.807) is 11.3 Å². The summed E-state index contributed by atoms with van der Waals surface area (Å²) in [4.78, 5) is 12.8. The predicted molar refractivity (Wildman–Crippen MR) is 87.7 cm³/mol. The van der Waals surface area contributed by atoms with Gasteiger partial charge < -0.3 is 10.3 Å². The van der Waals surface area contributed by atoms with Crippen molar-refractivity contribution in [2.45, 2.75) is 38.1 Å². The summed E-state index contributed by atoms with van der Waals surface area (Å²) in [6.45, 7) is 2.22. The highest BCUT2D eigenvalue weighted by Gasteiger charge is 2.28. The lowest BCUT2D eigenvalue weighted by atomic mass is 10.2. The summed E-state index contributed by atoms with van der Waals surface area (Å²) >= 11 is 1.80. The van der Waals surface area contributed by atoms with Gasteiger partial charge in [0.25, 0.3) is 0 Å².